The highest BCUT2D eigenvalue weighted by Gasteiger charge is 2.21. The Morgan fingerprint density at radius 1 is 0.282 bits per heavy atom. The summed E-state index contributed by atoms with van der Waals surface area (Å²) in [5.41, 5.74) is 0. The topological polar surface area (TPSA) is 388 Å². The fourth-order valence-corrected chi connectivity index (χ4v) is 12.1. The molecule has 0 aliphatic rings. The summed E-state index contributed by atoms with van der Waals surface area (Å²) in [6.07, 6.45) is 64.0. The number of hydrogen-bond donors (Lipinski definition) is 8. The highest BCUT2D eigenvalue weighted by Crippen LogP contribution is 2.20. The Labute approximate surface area is 766 Å². The molecule has 0 aromatic heterocycles. The molecule has 8 N–H and O–H groups in total. The number of aliphatic hydroxyl groups is 4. The third-order valence-corrected chi connectivity index (χ3v) is 19.1. The lowest BCUT2D eigenvalue weighted by atomic mass is 10.0. The predicted molar refractivity (Wildman–Crippen MR) is 521 cm³/mol. The van der Waals surface area contributed by atoms with Crippen molar-refractivity contribution in [2.45, 2.75) is 566 Å². The first kappa shape index (κ1) is 159. The van der Waals surface area contributed by atoms with Gasteiger partial charge in [-0.2, -0.15) is 0 Å². The average Bonchev–Trinajstić information content (AvgIpc) is 0.964. The van der Waals surface area contributed by atoms with Crippen molar-refractivity contribution in [2.24, 2.45) is 0 Å². The van der Waals surface area contributed by atoms with E-state index in [0.717, 1.165) is 173 Å². The van der Waals surface area contributed by atoms with Crippen LogP contribution in [0.1, 0.15) is 529 Å². The van der Waals surface area contributed by atoms with Crippen LogP contribution in [-0.4, -0.2) is 164 Å². The normalized spacial score (nSPS) is 11.2. The second-order valence-electron chi connectivity index (χ2n) is 30.2. The molecule has 6 atom stereocenters. The summed E-state index contributed by atoms with van der Waals surface area (Å²) >= 11 is 0. The Balaban J connectivity index is -0.0000000885. The number of rotatable bonds is 77. The molecule has 0 heterocycles. The molecular formula is C100H214O24. The molecule has 0 saturated carbocycles. The van der Waals surface area contributed by atoms with E-state index in [4.69, 9.17) is 59.1 Å². The Bertz CT molecular complexity index is 2150. The SMILES string of the molecule is C.C.C.C.C.C.C.C.C.C.C.C.CC(O)C(=O)O.CCCCCCC(O)CCCCCCCCCCC(=O)O.CCCCCCC(O)CCCCCCCCCCC(=O)OCC(=O)OC(C)C(=O)O.CCCCCCCCCCCCCCCCCCOC(=O)C(C)OC(=O)COC(=O)CCCCCCCCCCC(CCCCCC)OC=O.O=C(O)CO. The van der Waals surface area contributed by atoms with Crippen molar-refractivity contribution in [3.63, 3.8) is 0 Å². The van der Waals surface area contributed by atoms with Gasteiger partial charge in [-0.05, 0) is 97.8 Å². The Morgan fingerprint density at radius 2 is 0.508 bits per heavy atom. The lowest BCUT2D eigenvalue weighted by molar-refractivity contribution is -0.171. The van der Waals surface area contributed by atoms with E-state index in [1.165, 1.54) is 213 Å². The number of aliphatic hydroxyl groups excluding tert-OH is 4. The van der Waals surface area contributed by atoms with Gasteiger partial charge in [0, 0.05) is 19.3 Å². The van der Waals surface area contributed by atoms with Crippen molar-refractivity contribution >= 4 is 60.2 Å². The van der Waals surface area contributed by atoms with E-state index in [2.05, 4.69) is 32.4 Å². The van der Waals surface area contributed by atoms with Crippen LogP contribution in [0.4, 0.5) is 0 Å². The minimum Gasteiger partial charge on any atom is -0.481 e. The highest BCUT2D eigenvalue weighted by molar-refractivity contribution is 5.81. The molecule has 758 valence electrons. The van der Waals surface area contributed by atoms with E-state index in [1.807, 2.05) is 0 Å². The summed E-state index contributed by atoms with van der Waals surface area (Å²) in [4.78, 5) is 109. The number of carboxylic acid groups (broad SMARTS) is 4. The van der Waals surface area contributed by atoms with Gasteiger partial charge in [-0.25, -0.2) is 28.8 Å². The Hall–Kier alpha value is -5.46. The number of aliphatic carboxylic acids is 4. The van der Waals surface area contributed by atoms with Gasteiger partial charge in [0.2, 0.25) is 0 Å². The zero-order chi connectivity index (χ0) is 84.6. The van der Waals surface area contributed by atoms with Crippen LogP contribution in [0.5, 0.6) is 0 Å². The van der Waals surface area contributed by atoms with E-state index < -0.39 is 91.9 Å². The lowest BCUT2D eigenvalue weighted by Crippen LogP contribution is -2.29. The van der Waals surface area contributed by atoms with Gasteiger partial charge in [-0.3, -0.25) is 19.2 Å². The quantitative estimate of drug-likeness (QED) is 0.0121. The Kier molecular flexibility index (Phi) is 164. The van der Waals surface area contributed by atoms with E-state index in [0.29, 0.717) is 25.9 Å². The number of ether oxygens (including phenoxy) is 6. The monoisotopic (exact) mass is 1800 g/mol. The molecule has 0 amide bonds. The first-order chi connectivity index (χ1) is 53.9. The molecule has 0 aliphatic heterocycles. The highest BCUT2D eigenvalue weighted by atomic mass is 16.6. The molecule has 124 heavy (non-hydrogen) atoms. The minimum atomic E-state index is -1.25. The maximum Gasteiger partial charge on any atom is 0.347 e. The smallest absolute Gasteiger partial charge is 0.347 e. The molecular weight excluding hydrogens is 1590 g/mol. The van der Waals surface area contributed by atoms with Crippen LogP contribution >= 0.6 is 0 Å². The van der Waals surface area contributed by atoms with Crippen LogP contribution in [-0.2, 0) is 76.4 Å². The van der Waals surface area contributed by atoms with E-state index >= 15 is 0 Å². The third-order valence-electron chi connectivity index (χ3n) is 19.1. The summed E-state index contributed by atoms with van der Waals surface area (Å²) in [6.45, 7) is 11.9. The fourth-order valence-electron chi connectivity index (χ4n) is 12.1. The van der Waals surface area contributed by atoms with Gasteiger partial charge in [0.1, 0.15) is 18.8 Å². The number of carbonyl (C=O) groups is 10. The van der Waals surface area contributed by atoms with Gasteiger partial charge in [-0.1, -0.05) is 412 Å². The summed E-state index contributed by atoms with van der Waals surface area (Å²) in [6, 6.07) is 0. The van der Waals surface area contributed by atoms with E-state index in [-0.39, 0.29) is 120 Å². The predicted octanol–water partition coefficient (Wildman–Crippen LogP) is 27.9. The molecule has 0 aromatic carbocycles. The van der Waals surface area contributed by atoms with E-state index in [9.17, 15) is 53.4 Å². The number of hydrogen-bond acceptors (Lipinski definition) is 20. The maximum absolute atomic E-state index is 12.2. The van der Waals surface area contributed by atoms with Crippen molar-refractivity contribution in [1.82, 2.24) is 0 Å². The Morgan fingerprint density at radius 3 is 0.750 bits per heavy atom. The summed E-state index contributed by atoms with van der Waals surface area (Å²) in [5.74, 6) is -7.37. The molecule has 0 aliphatic carbocycles. The van der Waals surface area contributed by atoms with Crippen molar-refractivity contribution in [3.05, 3.63) is 0 Å². The molecule has 6 unspecified atom stereocenters. The number of esters is 5. The molecule has 24 heteroatoms. The van der Waals surface area contributed by atoms with Crippen molar-refractivity contribution < 1.29 is 117 Å². The fraction of sp³-hybridized carbons (Fsp3) is 0.900. The number of carboxylic acids is 4. The largest absolute Gasteiger partial charge is 0.481 e. The van der Waals surface area contributed by atoms with Crippen LogP contribution in [0.25, 0.3) is 0 Å². The van der Waals surface area contributed by atoms with Gasteiger partial charge in [0.25, 0.3) is 6.47 Å². The van der Waals surface area contributed by atoms with Crippen molar-refractivity contribution in [3.8, 4) is 0 Å². The van der Waals surface area contributed by atoms with Gasteiger partial charge < -0.3 is 69.3 Å². The van der Waals surface area contributed by atoms with Gasteiger partial charge >= 0.3 is 53.7 Å². The van der Waals surface area contributed by atoms with Gasteiger partial charge in [-0.15, -0.1) is 0 Å². The standard InChI is InChI=1S/C42H78O8.C23H42O7.C18H36O3.C3H6O3.C2H4O3.12CH4/c1-4-6-8-10-11-12-13-14-15-16-17-18-21-24-27-31-35-47-42(46)38(3)50-41(45)36-48-40(44)34-30-26-23-20-19-22-25-29-33-39(49-37-43)32-28-9-7-5-2;1-3-4-5-12-15-20(24)16-13-10-8-6-7-9-11-14-17-21(25)29-18-22(26)30-19(2)23(27)28;1-2-3-4-11-14-17(19)15-12-9-7-5-6-8-10-13-16-18(20)21;1-2(4)3(5)6;3-1-2(4)5;;;;;;;;;;;;/h37-39H,4-36H2,1-3H3;19-20,24H,3-18H2,1-2H3,(H,27,28);17,19H,2-16H2,1H3,(H,20,21);2,4H,1H3,(H,5,6);3H,1H2,(H,4,5);12*1H4. The van der Waals surface area contributed by atoms with Crippen LogP contribution < -0.4 is 0 Å². The van der Waals surface area contributed by atoms with Crippen LogP contribution in [0.15, 0.2) is 0 Å². The average molecular weight is 1800 g/mol. The number of unbranched alkanes of at least 4 members (excludes halogenated alkanes) is 45. The molecule has 0 fully saturated rings. The molecule has 0 aromatic rings. The molecule has 0 saturated heterocycles. The first-order valence-electron chi connectivity index (χ1n) is 44.4. The zero-order valence-electron chi connectivity index (χ0n) is 71.6. The second-order valence-corrected chi connectivity index (χ2v) is 30.2. The van der Waals surface area contributed by atoms with E-state index in [1.54, 1.807) is 0 Å². The third kappa shape index (κ3) is 140. The van der Waals surface area contributed by atoms with Crippen LogP contribution in [0.2, 0.25) is 0 Å². The summed E-state index contributed by atoms with van der Waals surface area (Å²) in [5, 5.41) is 67.7. The number of carbonyl (C=O) groups excluding carboxylic acids is 6. The second kappa shape index (κ2) is 128. The van der Waals surface area contributed by atoms with Gasteiger partial charge in [0.15, 0.2) is 25.4 Å². The maximum atomic E-state index is 12.2. The summed E-state index contributed by atoms with van der Waals surface area (Å²) < 4.78 is 30.0. The van der Waals surface area contributed by atoms with Crippen molar-refractivity contribution in [2.75, 3.05) is 26.4 Å². The molecule has 0 rings (SSSR count). The van der Waals surface area contributed by atoms with Crippen molar-refractivity contribution in [1.29, 1.82) is 0 Å². The summed E-state index contributed by atoms with van der Waals surface area (Å²) in [7, 11) is 0. The molecule has 0 bridgehead atoms. The minimum absolute atomic E-state index is 0. The first-order valence-corrected chi connectivity index (χ1v) is 44.4. The molecule has 24 nitrogen and oxygen atoms in total. The zero-order valence-corrected chi connectivity index (χ0v) is 71.6. The van der Waals surface area contributed by atoms with Crippen LogP contribution in [0.3, 0.4) is 0 Å². The van der Waals surface area contributed by atoms with Gasteiger partial charge in [0.05, 0.1) is 18.8 Å². The molecule has 0 spiro atoms. The lowest BCUT2D eigenvalue weighted by Gasteiger charge is -2.14. The molecule has 0 radical (unpaired) electrons. The van der Waals surface area contributed by atoms with Crippen LogP contribution in [0, 0.1) is 0 Å².